The van der Waals surface area contributed by atoms with Crippen molar-refractivity contribution in [2.45, 2.75) is 38.1 Å². The minimum atomic E-state index is -3.50. The highest BCUT2D eigenvalue weighted by Gasteiger charge is 2.12. The maximum atomic E-state index is 11.8. The van der Waals surface area contributed by atoms with Crippen molar-refractivity contribution in [3.05, 3.63) is 29.8 Å². The van der Waals surface area contributed by atoms with Gasteiger partial charge in [0.25, 0.3) is 10.0 Å². The van der Waals surface area contributed by atoms with Gasteiger partial charge in [-0.3, -0.25) is 9.71 Å². The molecule has 0 fully saturated rings. The lowest BCUT2D eigenvalue weighted by atomic mass is 10.1. The van der Waals surface area contributed by atoms with Crippen molar-refractivity contribution in [2.75, 3.05) is 0 Å². The van der Waals surface area contributed by atoms with E-state index < -0.39 is 10.0 Å². The Labute approximate surface area is 103 Å². The molecule has 0 atom stereocenters. The zero-order valence-corrected chi connectivity index (χ0v) is 11.4. The van der Waals surface area contributed by atoms with E-state index in [0.29, 0.717) is 0 Å². The van der Waals surface area contributed by atoms with Crippen molar-refractivity contribution in [1.29, 1.82) is 0 Å². The molecule has 5 heteroatoms. The third-order valence-corrected chi connectivity index (χ3v) is 3.30. The van der Waals surface area contributed by atoms with E-state index in [1.54, 1.807) is 24.3 Å². The fourth-order valence-electron chi connectivity index (χ4n) is 1.07. The van der Waals surface area contributed by atoms with E-state index in [1.807, 2.05) is 27.7 Å². The molecule has 0 saturated carbocycles. The van der Waals surface area contributed by atoms with Gasteiger partial charge in [0.15, 0.2) is 0 Å². The summed E-state index contributed by atoms with van der Waals surface area (Å²) in [6, 6.07) is 6.66. The molecule has 0 heterocycles. The van der Waals surface area contributed by atoms with Gasteiger partial charge in [0.1, 0.15) is 0 Å². The molecule has 0 radical (unpaired) electrons. The monoisotopic (exact) mass is 254 g/mol. The molecule has 0 spiro atoms. The van der Waals surface area contributed by atoms with E-state index in [0.717, 1.165) is 5.56 Å². The molecule has 1 aromatic rings. The number of sulfonamides is 1. The van der Waals surface area contributed by atoms with E-state index in [1.165, 1.54) is 6.34 Å². The molecule has 1 N–H and O–H groups in total. The maximum Gasteiger partial charge on any atom is 0.262 e. The molecule has 17 heavy (non-hydrogen) atoms. The first-order chi connectivity index (χ1) is 7.71. The van der Waals surface area contributed by atoms with Crippen LogP contribution < -0.4 is 4.72 Å². The SMILES string of the molecule is Cc1ccc(S(=O)(=O)NC=NC(C)(C)C)cc1. The zero-order chi connectivity index (χ0) is 13.1. The van der Waals surface area contributed by atoms with Gasteiger partial charge < -0.3 is 0 Å². The molecule has 0 saturated heterocycles. The molecule has 0 aliphatic carbocycles. The van der Waals surface area contributed by atoms with Crippen molar-refractivity contribution >= 4 is 16.4 Å². The molecule has 0 aliphatic heterocycles. The van der Waals surface area contributed by atoms with Gasteiger partial charge in [-0.1, -0.05) is 17.7 Å². The Kier molecular flexibility index (Phi) is 3.93. The predicted molar refractivity (Wildman–Crippen MR) is 69.7 cm³/mol. The van der Waals surface area contributed by atoms with Crippen LogP contribution in [0.5, 0.6) is 0 Å². The van der Waals surface area contributed by atoms with Gasteiger partial charge in [-0.2, -0.15) is 0 Å². The summed E-state index contributed by atoms with van der Waals surface area (Å²) < 4.78 is 26.0. The van der Waals surface area contributed by atoms with Crippen molar-refractivity contribution in [2.24, 2.45) is 4.99 Å². The number of aliphatic imine (C=N–C) groups is 1. The standard InChI is InChI=1S/C12H18N2O2S/c1-10-5-7-11(8-6-10)17(15,16)14-9-13-12(2,3)4/h5-9H,1-4H3,(H,13,14). The topological polar surface area (TPSA) is 58.5 Å². The van der Waals surface area contributed by atoms with E-state index in [9.17, 15) is 8.42 Å². The summed E-state index contributed by atoms with van der Waals surface area (Å²) in [4.78, 5) is 4.31. The van der Waals surface area contributed by atoms with Crippen LogP contribution in [-0.2, 0) is 10.0 Å². The summed E-state index contributed by atoms with van der Waals surface area (Å²) in [5.41, 5.74) is 0.725. The zero-order valence-electron chi connectivity index (χ0n) is 10.6. The van der Waals surface area contributed by atoms with Gasteiger partial charge in [0.05, 0.1) is 16.8 Å². The van der Waals surface area contributed by atoms with Gasteiger partial charge in [-0.05, 0) is 39.8 Å². The maximum absolute atomic E-state index is 11.8. The molecule has 4 nitrogen and oxygen atoms in total. The third kappa shape index (κ3) is 4.56. The number of nitrogens with zero attached hydrogens (tertiary/aromatic N) is 1. The number of hydrogen-bond acceptors (Lipinski definition) is 3. The van der Waals surface area contributed by atoms with Crippen LogP contribution in [-0.4, -0.2) is 20.3 Å². The third-order valence-electron chi connectivity index (χ3n) is 1.99. The van der Waals surface area contributed by atoms with E-state index >= 15 is 0 Å². The lowest BCUT2D eigenvalue weighted by Crippen LogP contribution is -2.24. The lowest BCUT2D eigenvalue weighted by molar-refractivity contribution is 0.581. The highest BCUT2D eigenvalue weighted by atomic mass is 32.2. The Morgan fingerprint density at radius 3 is 2.18 bits per heavy atom. The summed E-state index contributed by atoms with van der Waals surface area (Å²) in [7, 11) is -3.50. The predicted octanol–water partition coefficient (Wildman–Crippen LogP) is 2.10. The van der Waals surface area contributed by atoms with Gasteiger partial charge in [0, 0.05) is 0 Å². The Hall–Kier alpha value is -1.36. The van der Waals surface area contributed by atoms with Crippen LogP contribution in [0.25, 0.3) is 0 Å². The number of rotatable bonds is 3. The normalized spacial score (nSPS) is 12.9. The number of aryl methyl sites for hydroxylation is 1. The summed E-state index contributed by atoms with van der Waals surface area (Å²) in [6.45, 7) is 7.59. The van der Waals surface area contributed by atoms with E-state index in [-0.39, 0.29) is 10.4 Å². The van der Waals surface area contributed by atoms with Crippen molar-refractivity contribution < 1.29 is 8.42 Å². The minimum absolute atomic E-state index is 0.239. The van der Waals surface area contributed by atoms with Crippen LogP contribution in [0, 0.1) is 6.92 Å². The molecule has 0 bridgehead atoms. The van der Waals surface area contributed by atoms with E-state index in [4.69, 9.17) is 0 Å². The minimum Gasteiger partial charge on any atom is -0.270 e. The number of nitrogens with one attached hydrogen (secondary N) is 1. The van der Waals surface area contributed by atoms with E-state index in [2.05, 4.69) is 9.71 Å². The molecule has 0 aromatic heterocycles. The first-order valence-electron chi connectivity index (χ1n) is 5.33. The smallest absolute Gasteiger partial charge is 0.262 e. The first kappa shape index (κ1) is 13.7. The number of benzene rings is 1. The van der Waals surface area contributed by atoms with Gasteiger partial charge in [0.2, 0.25) is 0 Å². The Bertz CT molecular complexity index is 496. The second-order valence-corrected chi connectivity index (χ2v) is 6.58. The van der Waals surface area contributed by atoms with Gasteiger partial charge in [-0.25, -0.2) is 8.42 Å². The highest BCUT2D eigenvalue weighted by Crippen LogP contribution is 2.09. The fraction of sp³-hybridized carbons (Fsp3) is 0.417. The lowest BCUT2D eigenvalue weighted by Gasteiger charge is -2.11. The van der Waals surface area contributed by atoms with Crippen molar-refractivity contribution in [3.63, 3.8) is 0 Å². The van der Waals surface area contributed by atoms with Crippen LogP contribution in [0.3, 0.4) is 0 Å². The molecular weight excluding hydrogens is 236 g/mol. The summed E-state index contributed by atoms with van der Waals surface area (Å²) in [5, 5.41) is 0. The van der Waals surface area contributed by atoms with Crippen LogP contribution in [0.4, 0.5) is 0 Å². The number of hydrogen-bond donors (Lipinski definition) is 1. The second-order valence-electron chi connectivity index (χ2n) is 4.86. The largest absolute Gasteiger partial charge is 0.270 e. The molecule has 1 aromatic carbocycles. The van der Waals surface area contributed by atoms with Crippen LogP contribution in [0.15, 0.2) is 34.2 Å². The first-order valence-corrected chi connectivity index (χ1v) is 6.82. The quantitative estimate of drug-likeness (QED) is 0.663. The molecule has 1 rings (SSSR count). The highest BCUT2D eigenvalue weighted by molar-refractivity contribution is 7.90. The summed E-state index contributed by atoms with van der Waals surface area (Å²) in [5.74, 6) is 0. The summed E-state index contributed by atoms with van der Waals surface area (Å²) in [6.07, 6.45) is 1.23. The molecule has 0 aliphatic rings. The molecule has 0 amide bonds. The van der Waals surface area contributed by atoms with Gasteiger partial charge in [-0.15, -0.1) is 0 Å². The Balaban J connectivity index is 2.83. The average Bonchev–Trinajstić information content (AvgIpc) is 2.15. The Morgan fingerprint density at radius 1 is 1.18 bits per heavy atom. The van der Waals surface area contributed by atoms with Crippen molar-refractivity contribution in [3.8, 4) is 0 Å². The second kappa shape index (κ2) is 4.87. The molecule has 94 valence electrons. The van der Waals surface area contributed by atoms with Crippen LogP contribution in [0.1, 0.15) is 26.3 Å². The van der Waals surface area contributed by atoms with Crippen LogP contribution in [0.2, 0.25) is 0 Å². The fourth-order valence-corrected chi connectivity index (χ4v) is 1.90. The van der Waals surface area contributed by atoms with Crippen LogP contribution >= 0.6 is 0 Å². The molecule has 0 unspecified atom stereocenters. The Morgan fingerprint density at radius 2 is 1.71 bits per heavy atom. The average molecular weight is 254 g/mol. The van der Waals surface area contributed by atoms with Gasteiger partial charge >= 0.3 is 0 Å². The summed E-state index contributed by atoms with van der Waals surface area (Å²) >= 11 is 0. The molecular formula is C12H18N2O2S. The van der Waals surface area contributed by atoms with Crippen molar-refractivity contribution in [1.82, 2.24) is 4.72 Å².